The molecule has 2 aromatic rings. The van der Waals surface area contributed by atoms with E-state index >= 15 is 0 Å². The third kappa shape index (κ3) is 5.91. The van der Waals surface area contributed by atoms with Gasteiger partial charge in [0.2, 0.25) is 5.91 Å². The van der Waals surface area contributed by atoms with E-state index in [1.54, 1.807) is 19.1 Å². The third-order valence-corrected chi connectivity index (χ3v) is 5.13. The fourth-order valence-corrected chi connectivity index (χ4v) is 3.35. The minimum absolute atomic E-state index is 0.0716. The van der Waals surface area contributed by atoms with Gasteiger partial charge in [0.1, 0.15) is 10.7 Å². The zero-order valence-corrected chi connectivity index (χ0v) is 16.1. The van der Waals surface area contributed by atoms with Gasteiger partial charge in [0.15, 0.2) is 0 Å². The van der Waals surface area contributed by atoms with Crippen molar-refractivity contribution < 1.29 is 14.0 Å². The Bertz CT molecular complexity index is 759. The molecule has 1 heterocycles. The highest BCUT2D eigenvalue weighted by Gasteiger charge is 2.16. The van der Waals surface area contributed by atoms with Crippen LogP contribution in [0.4, 0.5) is 4.39 Å². The van der Waals surface area contributed by atoms with Crippen LogP contribution in [0, 0.1) is 12.7 Å². The van der Waals surface area contributed by atoms with Crippen molar-refractivity contribution in [3.8, 4) is 0 Å². The van der Waals surface area contributed by atoms with Crippen molar-refractivity contribution in [3.63, 3.8) is 0 Å². The second-order valence-electron chi connectivity index (χ2n) is 6.21. The van der Waals surface area contributed by atoms with Crippen LogP contribution in [0.2, 0.25) is 0 Å². The summed E-state index contributed by atoms with van der Waals surface area (Å²) in [6.45, 7) is 6.02. The predicted octanol–water partition coefficient (Wildman–Crippen LogP) is 3.22. The Kier molecular flexibility index (Phi) is 7.26. The molecule has 0 spiro atoms. The molecule has 140 valence electrons. The van der Waals surface area contributed by atoms with Crippen molar-refractivity contribution in [2.24, 2.45) is 0 Å². The van der Waals surface area contributed by atoms with Crippen molar-refractivity contribution >= 4 is 23.2 Å². The Morgan fingerprint density at radius 2 is 1.96 bits per heavy atom. The van der Waals surface area contributed by atoms with E-state index < -0.39 is 0 Å². The number of rotatable bonds is 8. The zero-order valence-electron chi connectivity index (χ0n) is 15.3. The molecule has 5 nitrogen and oxygen atoms in total. The number of nitrogens with one attached hydrogen (secondary N) is 2. The van der Waals surface area contributed by atoms with E-state index in [9.17, 15) is 14.0 Å². The summed E-state index contributed by atoms with van der Waals surface area (Å²) in [5, 5.41) is 6.43. The largest absolute Gasteiger partial charge is 0.354 e. The first-order chi connectivity index (χ1) is 12.4. The summed E-state index contributed by atoms with van der Waals surface area (Å²) in [6.07, 6.45) is 1.67. The average molecular weight is 377 g/mol. The summed E-state index contributed by atoms with van der Waals surface area (Å²) < 4.78 is 13.0. The zero-order chi connectivity index (χ0) is 19.1. The molecule has 2 rings (SSSR count). The minimum atomic E-state index is -0.276. The molecule has 0 aliphatic carbocycles. The maximum Gasteiger partial charge on any atom is 0.263 e. The first-order valence-electron chi connectivity index (χ1n) is 8.67. The highest BCUT2D eigenvalue weighted by atomic mass is 32.1. The van der Waals surface area contributed by atoms with E-state index in [0.717, 1.165) is 17.0 Å². The number of halogens is 1. The van der Waals surface area contributed by atoms with E-state index in [-0.39, 0.29) is 36.6 Å². The summed E-state index contributed by atoms with van der Waals surface area (Å²) in [5.74, 6) is -0.569. The molecule has 1 atom stereocenters. The van der Waals surface area contributed by atoms with Crippen LogP contribution in [-0.2, 0) is 11.2 Å². The van der Waals surface area contributed by atoms with Gasteiger partial charge in [0, 0.05) is 25.4 Å². The number of carbonyl (C=O) groups is 2. The third-order valence-electron chi connectivity index (χ3n) is 3.97. The van der Waals surface area contributed by atoms with Gasteiger partial charge in [-0.2, -0.15) is 0 Å². The molecule has 0 aliphatic rings. The Labute approximate surface area is 157 Å². The SMILES string of the molecule is CC[C@@H](C)NC(=O)CCNC(=O)c1sc(Cc2ccc(F)cc2)nc1C. The standard InChI is InChI=1S/C19H24FN3O2S/c1-4-12(2)22-16(24)9-10-21-19(25)18-13(3)23-17(26-18)11-14-5-7-15(20)8-6-14/h5-8,12H,4,9-11H2,1-3H3,(H,21,25)(H,22,24)/t12-/m1/s1. The molecule has 0 bridgehead atoms. The topological polar surface area (TPSA) is 71.1 Å². The van der Waals surface area contributed by atoms with Crippen molar-refractivity contribution in [3.05, 3.63) is 51.2 Å². The van der Waals surface area contributed by atoms with E-state index in [4.69, 9.17) is 0 Å². The van der Waals surface area contributed by atoms with Gasteiger partial charge in [-0.25, -0.2) is 9.37 Å². The second kappa shape index (κ2) is 9.43. The summed E-state index contributed by atoms with van der Waals surface area (Å²) in [5.41, 5.74) is 1.60. The van der Waals surface area contributed by atoms with Gasteiger partial charge in [-0.1, -0.05) is 19.1 Å². The fourth-order valence-electron chi connectivity index (χ4n) is 2.33. The monoisotopic (exact) mass is 377 g/mol. The van der Waals surface area contributed by atoms with E-state index in [0.29, 0.717) is 17.0 Å². The summed E-state index contributed by atoms with van der Waals surface area (Å²) in [4.78, 5) is 29.0. The van der Waals surface area contributed by atoms with Crippen molar-refractivity contribution in [2.45, 2.75) is 46.1 Å². The van der Waals surface area contributed by atoms with Crippen LogP contribution in [0.15, 0.2) is 24.3 Å². The molecule has 1 aromatic heterocycles. The first kappa shape index (κ1) is 20.0. The van der Waals surface area contributed by atoms with Gasteiger partial charge in [-0.05, 0) is 38.0 Å². The smallest absolute Gasteiger partial charge is 0.263 e. The normalized spacial score (nSPS) is 11.8. The first-order valence-corrected chi connectivity index (χ1v) is 9.49. The number of aromatic nitrogens is 1. The van der Waals surface area contributed by atoms with Gasteiger partial charge in [-0.3, -0.25) is 9.59 Å². The van der Waals surface area contributed by atoms with E-state index in [2.05, 4.69) is 15.6 Å². The van der Waals surface area contributed by atoms with Crippen LogP contribution in [0.25, 0.3) is 0 Å². The number of hydrogen-bond acceptors (Lipinski definition) is 4. The molecular weight excluding hydrogens is 353 g/mol. The fraction of sp³-hybridized carbons (Fsp3) is 0.421. The molecule has 0 fully saturated rings. The molecular formula is C19H24FN3O2S. The highest BCUT2D eigenvalue weighted by Crippen LogP contribution is 2.21. The molecule has 0 saturated carbocycles. The van der Waals surface area contributed by atoms with E-state index in [1.807, 2.05) is 13.8 Å². The van der Waals surface area contributed by atoms with Gasteiger partial charge >= 0.3 is 0 Å². The number of benzene rings is 1. The Morgan fingerprint density at radius 3 is 2.62 bits per heavy atom. The predicted molar refractivity (Wildman–Crippen MR) is 101 cm³/mol. The number of thiazole rings is 1. The molecule has 1 aromatic carbocycles. The Hall–Kier alpha value is -2.28. The number of aryl methyl sites for hydroxylation is 1. The van der Waals surface area contributed by atoms with Gasteiger partial charge in [0.25, 0.3) is 5.91 Å². The van der Waals surface area contributed by atoms with Crippen LogP contribution in [0.5, 0.6) is 0 Å². The number of hydrogen-bond donors (Lipinski definition) is 2. The molecule has 2 amide bonds. The lowest BCUT2D eigenvalue weighted by atomic mass is 10.1. The molecule has 0 saturated heterocycles. The molecule has 2 N–H and O–H groups in total. The quantitative estimate of drug-likeness (QED) is 0.742. The lowest BCUT2D eigenvalue weighted by molar-refractivity contribution is -0.121. The number of nitrogens with zero attached hydrogens (tertiary/aromatic N) is 1. The summed E-state index contributed by atoms with van der Waals surface area (Å²) >= 11 is 1.32. The summed E-state index contributed by atoms with van der Waals surface area (Å²) in [7, 11) is 0. The van der Waals surface area contributed by atoms with Crippen molar-refractivity contribution in [1.82, 2.24) is 15.6 Å². The molecule has 0 unspecified atom stereocenters. The van der Waals surface area contributed by atoms with Crippen molar-refractivity contribution in [2.75, 3.05) is 6.54 Å². The van der Waals surface area contributed by atoms with Crippen molar-refractivity contribution in [1.29, 1.82) is 0 Å². The number of amides is 2. The molecule has 26 heavy (non-hydrogen) atoms. The maximum atomic E-state index is 13.0. The highest BCUT2D eigenvalue weighted by molar-refractivity contribution is 7.13. The van der Waals surface area contributed by atoms with Crippen LogP contribution in [0.3, 0.4) is 0 Å². The maximum absolute atomic E-state index is 13.0. The van der Waals surface area contributed by atoms with Gasteiger partial charge < -0.3 is 10.6 Å². The van der Waals surface area contributed by atoms with Crippen LogP contribution in [-0.4, -0.2) is 29.4 Å². The lowest BCUT2D eigenvalue weighted by Crippen LogP contribution is -2.35. The van der Waals surface area contributed by atoms with Crippen LogP contribution >= 0.6 is 11.3 Å². The Balaban J connectivity index is 1.88. The molecule has 7 heteroatoms. The average Bonchev–Trinajstić information content (AvgIpc) is 2.97. The lowest BCUT2D eigenvalue weighted by Gasteiger charge is -2.11. The van der Waals surface area contributed by atoms with Crippen LogP contribution in [0.1, 0.15) is 52.6 Å². The van der Waals surface area contributed by atoms with Gasteiger partial charge in [0.05, 0.1) is 10.7 Å². The molecule has 0 radical (unpaired) electrons. The van der Waals surface area contributed by atoms with Gasteiger partial charge in [-0.15, -0.1) is 11.3 Å². The summed E-state index contributed by atoms with van der Waals surface area (Å²) in [6, 6.07) is 6.38. The molecule has 0 aliphatic heterocycles. The minimum Gasteiger partial charge on any atom is -0.354 e. The number of carbonyl (C=O) groups excluding carboxylic acids is 2. The Morgan fingerprint density at radius 1 is 1.27 bits per heavy atom. The van der Waals surface area contributed by atoms with E-state index in [1.165, 1.54) is 23.5 Å². The van der Waals surface area contributed by atoms with Crippen LogP contribution < -0.4 is 10.6 Å². The second-order valence-corrected chi connectivity index (χ2v) is 7.29.